The topological polar surface area (TPSA) is 44.5 Å². The van der Waals surface area contributed by atoms with Gasteiger partial charge in [0, 0.05) is 19.1 Å². The Morgan fingerprint density at radius 3 is 2.56 bits per heavy atom. The minimum atomic E-state index is -0.0210. The molecule has 2 aliphatic rings. The van der Waals surface area contributed by atoms with Gasteiger partial charge in [-0.1, -0.05) is 19.8 Å². The highest BCUT2D eigenvalue weighted by Gasteiger charge is 2.35. The molecule has 2 fully saturated rings. The summed E-state index contributed by atoms with van der Waals surface area (Å²) in [6.45, 7) is 5.58. The van der Waals surface area contributed by atoms with Crippen LogP contribution in [0.1, 0.15) is 51.9 Å². The molecule has 0 aromatic carbocycles. The monoisotopic (exact) mass is 255 g/mol. The second-order valence-electron chi connectivity index (χ2n) is 6.16. The molecule has 0 aromatic heterocycles. The van der Waals surface area contributed by atoms with Crippen LogP contribution in [0, 0.1) is 11.8 Å². The molecule has 0 amide bonds. The Kier molecular flexibility index (Phi) is 5.46. The Labute approximate surface area is 111 Å². The van der Waals surface area contributed by atoms with Gasteiger partial charge in [0.1, 0.15) is 0 Å². The van der Waals surface area contributed by atoms with Gasteiger partial charge in [-0.15, -0.1) is 0 Å². The summed E-state index contributed by atoms with van der Waals surface area (Å²) < 4.78 is 11.6. The van der Waals surface area contributed by atoms with E-state index in [0.29, 0.717) is 12.5 Å². The van der Waals surface area contributed by atoms with Gasteiger partial charge < -0.3 is 15.2 Å². The summed E-state index contributed by atoms with van der Waals surface area (Å²) in [5, 5.41) is 0. The van der Waals surface area contributed by atoms with Crippen LogP contribution in [0.4, 0.5) is 0 Å². The zero-order chi connectivity index (χ0) is 12.8. The van der Waals surface area contributed by atoms with Gasteiger partial charge in [0.05, 0.1) is 18.8 Å². The molecule has 1 aliphatic heterocycles. The molecule has 1 heterocycles. The van der Waals surface area contributed by atoms with Crippen molar-refractivity contribution in [2.75, 3.05) is 26.4 Å². The fraction of sp³-hybridized carbons (Fsp3) is 1.00. The molecule has 3 heteroatoms. The quantitative estimate of drug-likeness (QED) is 0.793. The van der Waals surface area contributed by atoms with Crippen molar-refractivity contribution in [3.8, 4) is 0 Å². The molecule has 1 unspecified atom stereocenters. The minimum Gasteiger partial charge on any atom is -0.381 e. The van der Waals surface area contributed by atoms with Crippen molar-refractivity contribution in [2.24, 2.45) is 17.6 Å². The molecular formula is C15H29NO2. The van der Waals surface area contributed by atoms with Gasteiger partial charge in [-0.25, -0.2) is 0 Å². The Balaban J connectivity index is 1.76. The van der Waals surface area contributed by atoms with E-state index in [1.165, 1.54) is 25.7 Å². The first-order valence-corrected chi connectivity index (χ1v) is 7.70. The van der Waals surface area contributed by atoms with Crippen molar-refractivity contribution < 1.29 is 9.47 Å². The molecule has 1 aliphatic carbocycles. The van der Waals surface area contributed by atoms with Crippen LogP contribution in [-0.4, -0.2) is 32.0 Å². The van der Waals surface area contributed by atoms with Crippen molar-refractivity contribution >= 4 is 0 Å². The predicted molar refractivity (Wildman–Crippen MR) is 73.5 cm³/mol. The van der Waals surface area contributed by atoms with Gasteiger partial charge >= 0.3 is 0 Å². The molecule has 0 aromatic rings. The number of ether oxygens (including phenoxy) is 2. The molecule has 3 nitrogen and oxygen atoms in total. The van der Waals surface area contributed by atoms with Crippen LogP contribution in [0.15, 0.2) is 0 Å². The molecule has 0 spiro atoms. The number of hydrogen-bond acceptors (Lipinski definition) is 3. The SMILES string of the molecule is CCCC1CCC(CN)(OCC2CCOC2)CC1. The number of hydrogen-bond donors (Lipinski definition) is 1. The molecule has 1 saturated heterocycles. The summed E-state index contributed by atoms with van der Waals surface area (Å²) >= 11 is 0. The lowest BCUT2D eigenvalue weighted by molar-refractivity contribution is -0.0846. The van der Waals surface area contributed by atoms with E-state index in [-0.39, 0.29) is 5.60 Å². The standard InChI is InChI=1S/C15H29NO2/c1-2-3-13-4-7-15(12-16,8-5-13)18-11-14-6-9-17-10-14/h13-14H,2-12,16H2,1H3. The van der Waals surface area contributed by atoms with E-state index in [1.807, 2.05) is 0 Å². The first-order valence-electron chi connectivity index (χ1n) is 7.70. The van der Waals surface area contributed by atoms with E-state index < -0.39 is 0 Å². The van der Waals surface area contributed by atoms with Gasteiger partial charge in [-0.2, -0.15) is 0 Å². The van der Waals surface area contributed by atoms with Crippen molar-refractivity contribution in [3.63, 3.8) is 0 Å². The predicted octanol–water partition coefficient (Wildman–Crippen LogP) is 2.73. The second-order valence-corrected chi connectivity index (χ2v) is 6.16. The van der Waals surface area contributed by atoms with Gasteiger partial charge in [-0.05, 0) is 38.0 Å². The largest absolute Gasteiger partial charge is 0.381 e. The van der Waals surface area contributed by atoms with E-state index >= 15 is 0 Å². The van der Waals surface area contributed by atoms with E-state index in [4.69, 9.17) is 15.2 Å². The molecule has 1 atom stereocenters. The van der Waals surface area contributed by atoms with Crippen molar-refractivity contribution in [1.82, 2.24) is 0 Å². The summed E-state index contributed by atoms with van der Waals surface area (Å²) in [6, 6.07) is 0. The lowest BCUT2D eigenvalue weighted by Crippen LogP contribution is -2.45. The van der Waals surface area contributed by atoms with E-state index in [9.17, 15) is 0 Å². The lowest BCUT2D eigenvalue weighted by atomic mass is 9.77. The zero-order valence-electron chi connectivity index (χ0n) is 11.8. The van der Waals surface area contributed by atoms with Gasteiger partial charge in [-0.3, -0.25) is 0 Å². The molecule has 18 heavy (non-hydrogen) atoms. The van der Waals surface area contributed by atoms with Crippen LogP contribution >= 0.6 is 0 Å². The maximum atomic E-state index is 6.23. The Bertz CT molecular complexity index is 231. The smallest absolute Gasteiger partial charge is 0.0804 e. The Morgan fingerprint density at radius 1 is 1.22 bits per heavy atom. The van der Waals surface area contributed by atoms with E-state index in [0.717, 1.165) is 45.0 Å². The highest BCUT2D eigenvalue weighted by atomic mass is 16.5. The highest BCUT2D eigenvalue weighted by molar-refractivity contribution is 4.88. The molecule has 1 saturated carbocycles. The molecule has 2 rings (SSSR count). The number of nitrogens with two attached hydrogens (primary N) is 1. The molecule has 0 radical (unpaired) electrons. The average molecular weight is 255 g/mol. The Morgan fingerprint density at radius 2 is 2.00 bits per heavy atom. The normalized spacial score (nSPS) is 37.0. The summed E-state index contributed by atoms with van der Waals surface area (Å²) in [4.78, 5) is 0. The van der Waals surface area contributed by atoms with Crippen LogP contribution in [0.25, 0.3) is 0 Å². The lowest BCUT2D eigenvalue weighted by Gasteiger charge is -2.40. The van der Waals surface area contributed by atoms with E-state index in [2.05, 4.69) is 6.92 Å². The van der Waals surface area contributed by atoms with Crippen molar-refractivity contribution in [1.29, 1.82) is 0 Å². The molecule has 2 N–H and O–H groups in total. The first kappa shape index (κ1) is 14.3. The summed E-state index contributed by atoms with van der Waals surface area (Å²) in [7, 11) is 0. The fourth-order valence-corrected chi connectivity index (χ4v) is 3.32. The molecule has 0 bridgehead atoms. The average Bonchev–Trinajstić information content (AvgIpc) is 2.92. The van der Waals surface area contributed by atoms with Crippen LogP contribution in [-0.2, 0) is 9.47 Å². The van der Waals surface area contributed by atoms with Gasteiger partial charge in [0.25, 0.3) is 0 Å². The maximum Gasteiger partial charge on any atom is 0.0804 e. The van der Waals surface area contributed by atoms with Gasteiger partial charge in [0.15, 0.2) is 0 Å². The zero-order valence-corrected chi connectivity index (χ0v) is 11.8. The fourth-order valence-electron chi connectivity index (χ4n) is 3.32. The summed E-state index contributed by atoms with van der Waals surface area (Å²) in [5.41, 5.74) is 5.97. The van der Waals surface area contributed by atoms with Crippen LogP contribution in [0.5, 0.6) is 0 Å². The third-order valence-corrected chi connectivity index (χ3v) is 4.73. The molecular weight excluding hydrogens is 226 g/mol. The third kappa shape index (κ3) is 3.69. The minimum absolute atomic E-state index is 0.0210. The highest BCUT2D eigenvalue weighted by Crippen LogP contribution is 2.36. The van der Waals surface area contributed by atoms with Crippen LogP contribution in [0.3, 0.4) is 0 Å². The van der Waals surface area contributed by atoms with Crippen LogP contribution < -0.4 is 5.73 Å². The van der Waals surface area contributed by atoms with Gasteiger partial charge in [0.2, 0.25) is 0 Å². The van der Waals surface area contributed by atoms with E-state index in [1.54, 1.807) is 0 Å². The van der Waals surface area contributed by atoms with Crippen LogP contribution in [0.2, 0.25) is 0 Å². The Hall–Kier alpha value is -0.120. The molecule has 106 valence electrons. The summed E-state index contributed by atoms with van der Waals surface area (Å²) in [6.07, 6.45) is 8.73. The second kappa shape index (κ2) is 6.88. The maximum absolute atomic E-state index is 6.23. The number of rotatable bonds is 6. The van der Waals surface area contributed by atoms with Crippen molar-refractivity contribution in [2.45, 2.75) is 57.5 Å². The first-order chi connectivity index (χ1) is 8.78. The third-order valence-electron chi connectivity index (χ3n) is 4.73. The van der Waals surface area contributed by atoms with Crippen molar-refractivity contribution in [3.05, 3.63) is 0 Å². The summed E-state index contributed by atoms with van der Waals surface area (Å²) in [5.74, 6) is 1.51.